The summed E-state index contributed by atoms with van der Waals surface area (Å²) in [6.45, 7) is 1.26. The molecule has 2 rings (SSSR count). The van der Waals surface area contributed by atoms with E-state index in [2.05, 4.69) is 0 Å². The van der Waals surface area contributed by atoms with E-state index in [4.69, 9.17) is 35.7 Å². The van der Waals surface area contributed by atoms with Crippen LogP contribution in [0.25, 0.3) is 0 Å². The highest BCUT2D eigenvalue weighted by Gasteiger charge is 2.30. The molecule has 1 heterocycles. The van der Waals surface area contributed by atoms with E-state index in [1.54, 1.807) is 5.06 Å². The van der Waals surface area contributed by atoms with Crippen molar-refractivity contribution in [2.45, 2.75) is 25.5 Å². The van der Waals surface area contributed by atoms with Crippen LogP contribution in [-0.2, 0) is 20.8 Å². The summed E-state index contributed by atoms with van der Waals surface area (Å²) in [6, 6.07) is 9.61. The van der Waals surface area contributed by atoms with Crippen molar-refractivity contribution in [2.75, 3.05) is 6.54 Å². The van der Waals surface area contributed by atoms with E-state index in [9.17, 15) is 4.79 Å². The first-order chi connectivity index (χ1) is 9.77. The van der Waals surface area contributed by atoms with E-state index in [1.807, 2.05) is 30.3 Å². The van der Waals surface area contributed by atoms with Crippen molar-refractivity contribution >= 4 is 24.7 Å². The summed E-state index contributed by atoms with van der Waals surface area (Å²) in [4.78, 5) is 38.3. The first-order valence-electron chi connectivity index (χ1n) is 6.18. The lowest BCUT2D eigenvalue weighted by Crippen LogP contribution is -2.33. The van der Waals surface area contributed by atoms with Crippen molar-refractivity contribution in [3.8, 4) is 0 Å². The molecule has 0 bridgehead atoms. The Bertz CT molecular complexity index is 486. The van der Waals surface area contributed by atoms with E-state index < -0.39 is 7.82 Å². The predicted octanol–water partition coefficient (Wildman–Crippen LogP) is 1.42. The number of rotatable bonds is 4. The minimum Gasteiger partial charge on any atom is -0.303 e. The van der Waals surface area contributed by atoms with Gasteiger partial charge in [0, 0.05) is 6.54 Å². The topological polar surface area (TPSA) is 107 Å². The molecule has 0 unspecified atom stereocenters. The first kappa shape index (κ1) is 18.3. The van der Waals surface area contributed by atoms with Gasteiger partial charge in [-0.05, 0) is 30.0 Å². The van der Waals surface area contributed by atoms with Gasteiger partial charge in [0.1, 0.15) is 6.04 Å². The zero-order chi connectivity index (χ0) is 15.9. The van der Waals surface area contributed by atoms with Crippen molar-refractivity contribution in [1.29, 1.82) is 0 Å². The lowest BCUT2D eigenvalue weighted by Gasteiger charge is -2.20. The summed E-state index contributed by atoms with van der Waals surface area (Å²) in [5.74, 6) is 0. The Morgan fingerprint density at radius 2 is 1.90 bits per heavy atom. The van der Waals surface area contributed by atoms with Crippen molar-refractivity contribution < 1.29 is 28.9 Å². The number of halogens is 1. The molecule has 0 aliphatic carbocycles. The van der Waals surface area contributed by atoms with Crippen LogP contribution in [0.1, 0.15) is 18.4 Å². The summed E-state index contributed by atoms with van der Waals surface area (Å²) >= 11 is 5.50. The van der Waals surface area contributed by atoms with Crippen molar-refractivity contribution in [2.24, 2.45) is 0 Å². The minimum absolute atomic E-state index is 0.273. The predicted molar refractivity (Wildman–Crippen MR) is 76.1 cm³/mol. The van der Waals surface area contributed by atoms with Gasteiger partial charge >= 0.3 is 7.82 Å². The molecule has 0 spiro atoms. The highest BCUT2D eigenvalue weighted by molar-refractivity contribution is 7.45. The molecule has 7 nitrogen and oxygen atoms in total. The molecule has 1 atom stereocenters. The number of hydrogen-bond donors (Lipinski definition) is 3. The quantitative estimate of drug-likeness (QED) is 0.563. The number of nitrogens with zero attached hydrogens (tertiary/aromatic N) is 1. The Hall–Kier alpha value is -0.790. The fourth-order valence-corrected chi connectivity index (χ4v) is 2.07. The van der Waals surface area contributed by atoms with E-state index >= 15 is 0 Å². The zero-order valence-corrected chi connectivity index (χ0v) is 12.8. The van der Waals surface area contributed by atoms with Crippen molar-refractivity contribution in [1.82, 2.24) is 5.06 Å². The van der Waals surface area contributed by atoms with Crippen molar-refractivity contribution in [3.63, 3.8) is 0 Å². The molecule has 118 valence electrons. The van der Waals surface area contributed by atoms with Crippen LogP contribution in [0.3, 0.4) is 0 Å². The van der Waals surface area contributed by atoms with Crippen LogP contribution in [0.4, 0.5) is 0 Å². The lowest BCUT2D eigenvalue weighted by molar-refractivity contribution is -0.179. The number of carbonyl (C=O) groups excluding carboxylic acids is 1. The third-order valence-electron chi connectivity index (χ3n) is 2.71. The molecule has 3 N–H and O–H groups in total. The average Bonchev–Trinajstić information content (AvgIpc) is 2.84. The van der Waals surface area contributed by atoms with E-state index in [0.29, 0.717) is 6.61 Å². The fraction of sp³-hybridized carbons (Fsp3) is 0.417. The van der Waals surface area contributed by atoms with Crippen LogP contribution in [0.2, 0.25) is 0 Å². The summed E-state index contributed by atoms with van der Waals surface area (Å²) in [7, 11) is -4.64. The lowest BCUT2D eigenvalue weighted by atomic mass is 10.2. The number of hydroxylamine groups is 2. The van der Waals surface area contributed by atoms with E-state index in [-0.39, 0.29) is 11.3 Å². The maximum atomic E-state index is 11.1. The summed E-state index contributed by atoms with van der Waals surface area (Å²) in [6.07, 6.45) is 1.75. The SMILES string of the molecule is O=C(Cl)[C@@H]1CCCN1OCc1ccccc1.O=P(O)(O)O. The van der Waals surface area contributed by atoms with Gasteiger partial charge < -0.3 is 14.7 Å². The molecule has 0 saturated carbocycles. The summed E-state index contributed by atoms with van der Waals surface area (Å²) < 4.78 is 8.88. The molecule has 9 heteroatoms. The Morgan fingerprint density at radius 3 is 2.43 bits per heavy atom. The zero-order valence-electron chi connectivity index (χ0n) is 11.1. The maximum Gasteiger partial charge on any atom is 0.466 e. The molecular weight excluding hydrogens is 321 g/mol. The summed E-state index contributed by atoms with van der Waals surface area (Å²) in [5, 5.41) is 1.37. The normalized spacial score (nSPS) is 19.0. The Kier molecular flexibility index (Phi) is 7.48. The molecule has 1 aliphatic rings. The van der Waals surface area contributed by atoms with Gasteiger partial charge in [0.05, 0.1) is 6.61 Å². The van der Waals surface area contributed by atoms with Gasteiger partial charge in [-0.25, -0.2) is 4.57 Å². The van der Waals surface area contributed by atoms with Gasteiger partial charge in [-0.2, -0.15) is 5.06 Å². The van der Waals surface area contributed by atoms with Gasteiger partial charge in [0.15, 0.2) is 0 Å². The largest absolute Gasteiger partial charge is 0.466 e. The van der Waals surface area contributed by atoms with Crippen LogP contribution in [0.15, 0.2) is 30.3 Å². The minimum atomic E-state index is -4.64. The Morgan fingerprint density at radius 1 is 1.33 bits per heavy atom. The molecule has 1 aliphatic heterocycles. The molecule has 1 aromatic carbocycles. The Labute approximate surface area is 127 Å². The average molecular weight is 338 g/mol. The van der Waals surface area contributed by atoms with Gasteiger partial charge in [-0.1, -0.05) is 30.3 Å². The van der Waals surface area contributed by atoms with Crippen LogP contribution < -0.4 is 0 Å². The van der Waals surface area contributed by atoms with E-state index in [0.717, 1.165) is 24.9 Å². The molecule has 0 aromatic heterocycles. The van der Waals surface area contributed by atoms with Gasteiger partial charge in [-0.15, -0.1) is 0 Å². The monoisotopic (exact) mass is 337 g/mol. The van der Waals surface area contributed by atoms with Crippen LogP contribution in [-0.4, -0.2) is 37.6 Å². The second-order valence-corrected chi connectivity index (χ2v) is 5.77. The van der Waals surface area contributed by atoms with Gasteiger partial charge in [0.25, 0.3) is 0 Å². The second kappa shape index (κ2) is 8.60. The smallest absolute Gasteiger partial charge is 0.303 e. The van der Waals surface area contributed by atoms with Crippen LogP contribution in [0.5, 0.6) is 0 Å². The van der Waals surface area contributed by atoms with E-state index in [1.165, 1.54) is 0 Å². The molecular formula is C12H17ClNO6P. The van der Waals surface area contributed by atoms with Gasteiger partial charge in [0.2, 0.25) is 5.24 Å². The first-order valence-corrected chi connectivity index (χ1v) is 8.13. The molecule has 21 heavy (non-hydrogen) atoms. The Balaban J connectivity index is 0.000000383. The molecule has 1 saturated heterocycles. The molecule has 0 radical (unpaired) electrons. The maximum absolute atomic E-state index is 11.1. The third-order valence-corrected chi connectivity index (χ3v) is 2.96. The highest BCUT2D eigenvalue weighted by atomic mass is 35.5. The van der Waals surface area contributed by atoms with Crippen LogP contribution >= 0.6 is 19.4 Å². The number of carbonyl (C=O) groups is 1. The molecule has 1 fully saturated rings. The van der Waals surface area contributed by atoms with Gasteiger partial charge in [-0.3, -0.25) is 9.63 Å². The number of benzene rings is 1. The van der Waals surface area contributed by atoms with Crippen molar-refractivity contribution in [3.05, 3.63) is 35.9 Å². The molecule has 1 aromatic rings. The second-order valence-electron chi connectivity index (χ2n) is 4.38. The fourth-order valence-electron chi connectivity index (χ4n) is 1.85. The number of phosphoric acid groups is 1. The number of hydrogen-bond acceptors (Lipinski definition) is 4. The highest BCUT2D eigenvalue weighted by Crippen LogP contribution is 2.25. The third kappa shape index (κ3) is 8.28. The summed E-state index contributed by atoms with van der Waals surface area (Å²) in [5.41, 5.74) is 1.09. The van der Waals surface area contributed by atoms with Crippen LogP contribution in [0, 0.1) is 0 Å². The molecule has 0 amide bonds. The standard InChI is InChI=1S/C12H14ClNO2.H3O4P/c13-12(15)11-7-4-8-14(11)16-9-10-5-2-1-3-6-10;1-5(2,3)4/h1-3,5-6,11H,4,7-9H2;(H3,1,2,3,4)/t11-;/m0./s1.